The molecule has 0 aliphatic rings. The van der Waals surface area contributed by atoms with E-state index in [1.165, 1.54) is 16.9 Å². The van der Waals surface area contributed by atoms with Crippen molar-refractivity contribution in [2.75, 3.05) is 45.9 Å². The minimum Gasteiger partial charge on any atom is -0.506 e. The first kappa shape index (κ1) is 37.8. The molecule has 4 rings (SSSR count). The van der Waals surface area contributed by atoms with Gasteiger partial charge in [-0.3, -0.25) is 24.3 Å². The Morgan fingerprint density at radius 2 is 1.49 bits per heavy atom. The molecule has 1 amide bonds. The number of carbonyl (C=O) groups excluding carboxylic acids is 3. The third-order valence-corrected chi connectivity index (χ3v) is 10.4. The lowest BCUT2D eigenvalue weighted by Crippen LogP contribution is -2.37. The molecule has 0 saturated heterocycles. The summed E-state index contributed by atoms with van der Waals surface area (Å²) in [6.07, 6.45) is 0.761. The molecule has 0 atom stereocenters. The van der Waals surface area contributed by atoms with Crippen LogP contribution in [0.5, 0.6) is 5.75 Å². The van der Waals surface area contributed by atoms with E-state index >= 15 is 0 Å². The Balaban J connectivity index is 1.26. The second-order valence-electron chi connectivity index (χ2n) is 12.8. The van der Waals surface area contributed by atoms with E-state index in [0.717, 1.165) is 27.3 Å². The van der Waals surface area contributed by atoms with Crippen LogP contribution in [0.1, 0.15) is 80.5 Å². The number of Topliss-reactive ketones (excluding diaryl/α,β-unsaturated/α-hetero) is 2. The zero-order valence-electron chi connectivity index (χ0n) is 28.5. The number of aliphatic hydroxyl groups excluding tert-OH is 2. The summed E-state index contributed by atoms with van der Waals surface area (Å²) in [5.74, 6) is -0.322. The number of rotatable bonds is 17. The van der Waals surface area contributed by atoms with Gasteiger partial charge in [0, 0.05) is 54.8 Å². The zero-order valence-corrected chi connectivity index (χ0v) is 30.1. The van der Waals surface area contributed by atoms with Gasteiger partial charge in [0.05, 0.1) is 27.8 Å². The van der Waals surface area contributed by atoms with Crippen molar-refractivity contribution in [1.82, 2.24) is 10.2 Å². The Kier molecular flexibility index (Phi) is 13.6. The summed E-state index contributed by atoms with van der Waals surface area (Å²) < 4.78 is 0. The highest BCUT2D eigenvalue weighted by molar-refractivity contribution is 7.16. The lowest BCUT2D eigenvalue weighted by atomic mass is 9.86. The van der Waals surface area contributed by atoms with Crippen LogP contribution in [0.3, 0.4) is 0 Å². The highest BCUT2D eigenvalue weighted by Gasteiger charge is 2.18. The number of thiophene rings is 2. The van der Waals surface area contributed by atoms with Gasteiger partial charge < -0.3 is 20.6 Å². The van der Waals surface area contributed by atoms with Crippen molar-refractivity contribution >= 4 is 45.9 Å². The Labute approximate surface area is 296 Å². The normalized spacial score (nSPS) is 12.0. The molecule has 260 valence electrons. The minimum atomic E-state index is -0.218. The van der Waals surface area contributed by atoms with Crippen molar-refractivity contribution in [3.63, 3.8) is 0 Å². The molecule has 2 aromatic heterocycles. The SMILES string of the molecule is CC(=NCC(=O)c1ccc(C(=O)CCc2ccc(C(=O)NCCN(CCO)CCO)cc2)s1)c1csc(-c2ccc(C(C)(C)C)cc2)c1O. The third-order valence-electron chi connectivity index (χ3n) is 8.19. The van der Waals surface area contributed by atoms with Crippen molar-refractivity contribution in [3.05, 3.63) is 98.1 Å². The maximum Gasteiger partial charge on any atom is 0.251 e. The van der Waals surface area contributed by atoms with Gasteiger partial charge in [0.1, 0.15) is 12.3 Å². The highest BCUT2D eigenvalue weighted by atomic mass is 32.1. The van der Waals surface area contributed by atoms with E-state index < -0.39 is 0 Å². The summed E-state index contributed by atoms with van der Waals surface area (Å²) in [4.78, 5) is 46.4. The van der Waals surface area contributed by atoms with Crippen molar-refractivity contribution in [2.45, 2.75) is 46.0 Å². The molecule has 2 heterocycles. The van der Waals surface area contributed by atoms with Crippen LogP contribution in [0.15, 0.2) is 71.0 Å². The van der Waals surface area contributed by atoms with E-state index in [1.54, 1.807) is 31.2 Å². The van der Waals surface area contributed by atoms with Crippen molar-refractivity contribution in [2.24, 2.45) is 4.99 Å². The number of nitrogens with one attached hydrogen (secondary N) is 1. The van der Waals surface area contributed by atoms with Gasteiger partial charge in [-0.1, -0.05) is 57.2 Å². The lowest BCUT2D eigenvalue weighted by Gasteiger charge is -2.20. The first-order valence-electron chi connectivity index (χ1n) is 16.3. The molecule has 4 N–H and O–H groups in total. The molecule has 0 aliphatic carbocycles. The van der Waals surface area contributed by atoms with E-state index in [4.69, 9.17) is 10.2 Å². The highest BCUT2D eigenvalue weighted by Crippen LogP contribution is 2.39. The fraction of sp³-hybridized carbons (Fsp3) is 0.368. The largest absolute Gasteiger partial charge is 0.506 e. The van der Waals surface area contributed by atoms with E-state index in [-0.39, 0.29) is 54.8 Å². The Bertz CT molecular complexity index is 1740. The molecule has 2 aromatic carbocycles. The molecule has 0 unspecified atom stereocenters. The summed E-state index contributed by atoms with van der Waals surface area (Å²) in [6, 6.07) is 18.6. The number of carbonyl (C=O) groups is 3. The van der Waals surface area contributed by atoms with Crippen molar-refractivity contribution in [1.29, 1.82) is 0 Å². The summed E-state index contributed by atoms with van der Waals surface area (Å²) in [5.41, 5.74) is 4.77. The monoisotopic (exact) mass is 703 g/mol. The molecular formula is C38H45N3O6S2. The first-order chi connectivity index (χ1) is 23.4. The second-order valence-corrected chi connectivity index (χ2v) is 14.8. The maximum absolute atomic E-state index is 12.9. The number of aromatic hydroxyl groups is 1. The topological polar surface area (TPSA) is 140 Å². The molecule has 9 nitrogen and oxygen atoms in total. The van der Waals surface area contributed by atoms with Crippen molar-refractivity contribution in [3.8, 4) is 16.2 Å². The molecule has 11 heteroatoms. The van der Waals surface area contributed by atoms with Crippen LogP contribution >= 0.6 is 22.7 Å². The van der Waals surface area contributed by atoms with E-state index in [2.05, 4.69) is 43.2 Å². The average molecular weight is 704 g/mol. The Morgan fingerprint density at radius 3 is 2.10 bits per heavy atom. The zero-order chi connectivity index (χ0) is 35.6. The molecule has 0 saturated carbocycles. The number of hydrogen-bond acceptors (Lipinski definition) is 10. The van der Waals surface area contributed by atoms with Gasteiger partial charge in [0.2, 0.25) is 0 Å². The lowest BCUT2D eigenvalue weighted by molar-refractivity contribution is 0.0941. The molecule has 4 aromatic rings. The van der Waals surface area contributed by atoms with E-state index in [9.17, 15) is 19.5 Å². The van der Waals surface area contributed by atoms with Gasteiger partial charge in [-0.2, -0.15) is 0 Å². The number of nitrogens with zero attached hydrogens (tertiary/aromatic N) is 2. The molecule has 49 heavy (non-hydrogen) atoms. The van der Waals surface area contributed by atoms with Gasteiger partial charge in [0.15, 0.2) is 11.6 Å². The van der Waals surface area contributed by atoms with Crippen LogP contribution in [0.4, 0.5) is 0 Å². The fourth-order valence-electron chi connectivity index (χ4n) is 5.18. The quantitative estimate of drug-likeness (QED) is 0.0781. The van der Waals surface area contributed by atoms with Gasteiger partial charge in [0.25, 0.3) is 5.91 Å². The summed E-state index contributed by atoms with van der Waals surface area (Å²) >= 11 is 2.60. The van der Waals surface area contributed by atoms with Gasteiger partial charge in [-0.15, -0.1) is 22.7 Å². The molecule has 0 fully saturated rings. The van der Waals surface area contributed by atoms with Gasteiger partial charge >= 0.3 is 0 Å². The second kappa shape index (κ2) is 17.6. The predicted molar refractivity (Wildman–Crippen MR) is 198 cm³/mol. The molecule has 0 aliphatic heterocycles. The average Bonchev–Trinajstić information content (AvgIpc) is 3.73. The molecule has 0 spiro atoms. The third kappa shape index (κ3) is 10.5. The first-order valence-corrected chi connectivity index (χ1v) is 18.0. The predicted octanol–water partition coefficient (Wildman–Crippen LogP) is 6.00. The van der Waals surface area contributed by atoms with E-state index in [0.29, 0.717) is 59.2 Å². The van der Waals surface area contributed by atoms with Gasteiger partial charge in [-0.05, 0) is 59.7 Å². The number of ketones is 2. The van der Waals surface area contributed by atoms with Crippen LogP contribution < -0.4 is 5.32 Å². The number of benzene rings is 2. The Hall–Kier alpha value is -4.00. The standard InChI is InChI=1S/C38H45N3O6S2/c1-25(30-24-48-36(35(30)46)27-10-12-29(13-11-27)38(2,3)4)40-23-32(45)34-16-15-33(49-34)31(44)14-7-26-5-8-28(9-6-26)37(47)39-17-18-41(19-21-42)20-22-43/h5-6,8-13,15-16,24,42-43,46H,7,14,17-23H2,1-4H3,(H,39,47). The number of amides is 1. The number of hydrogen-bond donors (Lipinski definition) is 4. The van der Waals surface area contributed by atoms with Crippen LogP contribution in [0.25, 0.3) is 10.4 Å². The maximum atomic E-state index is 12.9. The van der Waals surface area contributed by atoms with Crippen LogP contribution in [-0.4, -0.2) is 89.3 Å². The summed E-state index contributed by atoms with van der Waals surface area (Å²) in [7, 11) is 0. The number of aliphatic imine (C=N–C) groups is 1. The minimum absolute atomic E-state index is 0.0165. The van der Waals surface area contributed by atoms with Crippen LogP contribution in [-0.2, 0) is 11.8 Å². The summed E-state index contributed by atoms with van der Waals surface area (Å²) in [6.45, 7) is 9.90. The number of aliphatic hydroxyl groups is 2. The molecule has 0 bridgehead atoms. The molecule has 0 radical (unpaired) electrons. The van der Waals surface area contributed by atoms with Crippen LogP contribution in [0, 0.1) is 0 Å². The summed E-state index contributed by atoms with van der Waals surface area (Å²) in [5, 5.41) is 33.9. The van der Waals surface area contributed by atoms with Crippen LogP contribution in [0.2, 0.25) is 0 Å². The fourth-order valence-corrected chi connectivity index (χ4v) is 7.09. The Morgan fingerprint density at radius 1 is 0.857 bits per heavy atom. The smallest absolute Gasteiger partial charge is 0.251 e. The van der Waals surface area contributed by atoms with Crippen molar-refractivity contribution < 1.29 is 29.7 Å². The van der Waals surface area contributed by atoms with E-state index in [1.807, 2.05) is 34.5 Å². The number of aryl methyl sites for hydroxylation is 1. The van der Waals surface area contributed by atoms with Gasteiger partial charge in [-0.25, -0.2) is 0 Å². The molecular weight excluding hydrogens is 659 g/mol.